The molecule has 0 aromatic heterocycles. The summed E-state index contributed by atoms with van der Waals surface area (Å²) in [4.78, 5) is 15.5. The standard InChI is InChI=1S/C11H20N2O/c1-3-6-13(11(2)14)10-9-12-7-4-5-8-12/h3H,1,4-10H2,2H3. The van der Waals surface area contributed by atoms with Crippen LogP contribution in [0.15, 0.2) is 12.7 Å². The van der Waals surface area contributed by atoms with Crippen LogP contribution in [-0.4, -0.2) is 48.4 Å². The van der Waals surface area contributed by atoms with Crippen molar-refractivity contribution in [3.63, 3.8) is 0 Å². The third-order valence-electron chi connectivity index (χ3n) is 2.68. The molecule has 1 rings (SSSR count). The van der Waals surface area contributed by atoms with Gasteiger partial charge in [0.15, 0.2) is 0 Å². The van der Waals surface area contributed by atoms with Gasteiger partial charge >= 0.3 is 0 Å². The van der Waals surface area contributed by atoms with E-state index in [9.17, 15) is 4.79 Å². The van der Waals surface area contributed by atoms with Gasteiger partial charge in [-0.2, -0.15) is 0 Å². The molecular formula is C11H20N2O. The van der Waals surface area contributed by atoms with Crippen molar-refractivity contribution in [3.8, 4) is 0 Å². The van der Waals surface area contributed by atoms with Crippen LogP contribution in [0, 0.1) is 0 Å². The number of amides is 1. The largest absolute Gasteiger partial charge is 0.338 e. The summed E-state index contributed by atoms with van der Waals surface area (Å²) >= 11 is 0. The van der Waals surface area contributed by atoms with E-state index in [2.05, 4.69) is 11.5 Å². The highest BCUT2D eigenvalue weighted by molar-refractivity contribution is 5.73. The average molecular weight is 196 g/mol. The van der Waals surface area contributed by atoms with Gasteiger partial charge in [-0.15, -0.1) is 6.58 Å². The lowest BCUT2D eigenvalue weighted by Crippen LogP contribution is -2.36. The maximum Gasteiger partial charge on any atom is 0.219 e. The van der Waals surface area contributed by atoms with E-state index >= 15 is 0 Å². The van der Waals surface area contributed by atoms with Gasteiger partial charge in [-0.25, -0.2) is 0 Å². The van der Waals surface area contributed by atoms with Crippen LogP contribution in [0.2, 0.25) is 0 Å². The summed E-state index contributed by atoms with van der Waals surface area (Å²) in [5, 5.41) is 0. The van der Waals surface area contributed by atoms with E-state index in [0.717, 1.165) is 13.1 Å². The minimum absolute atomic E-state index is 0.143. The lowest BCUT2D eigenvalue weighted by molar-refractivity contribution is -0.128. The quantitative estimate of drug-likeness (QED) is 0.615. The molecule has 0 N–H and O–H groups in total. The number of carbonyl (C=O) groups is 1. The first kappa shape index (κ1) is 11.2. The second-order valence-electron chi connectivity index (χ2n) is 3.80. The molecule has 0 aliphatic carbocycles. The molecular weight excluding hydrogens is 176 g/mol. The van der Waals surface area contributed by atoms with Gasteiger partial charge in [-0.05, 0) is 25.9 Å². The van der Waals surface area contributed by atoms with Crippen molar-refractivity contribution in [2.75, 3.05) is 32.7 Å². The van der Waals surface area contributed by atoms with E-state index in [1.165, 1.54) is 25.9 Å². The molecule has 0 unspecified atom stereocenters. The van der Waals surface area contributed by atoms with E-state index in [1.807, 2.05) is 4.90 Å². The first-order valence-electron chi connectivity index (χ1n) is 5.33. The van der Waals surface area contributed by atoms with Crippen LogP contribution >= 0.6 is 0 Å². The van der Waals surface area contributed by atoms with Crippen LogP contribution in [0.1, 0.15) is 19.8 Å². The molecule has 80 valence electrons. The summed E-state index contributed by atoms with van der Waals surface area (Å²) in [5.74, 6) is 0.143. The Kier molecular flexibility index (Phi) is 4.66. The first-order valence-corrected chi connectivity index (χ1v) is 5.33. The normalized spacial score (nSPS) is 16.9. The molecule has 1 fully saturated rings. The van der Waals surface area contributed by atoms with Gasteiger partial charge in [0, 0.05) is 26.6 Å². The van der Waals surface area contributed by atoms with Gasteiger partial charge in [0.25, 0.3) is 0 Å². The summed E-state index contributed by atoms with van der Waals surface area (Å²) in [5.41, 5.74) is 0. The summed E-state index contributed by atoms with van der Waals surface area (Å²) in [6.07, 6.45) is 4.40. The first-order chi connectivity index (χ1) is 6.74. The molecule has 0 aromatic carbocycles. The third kappa shape index (κ3) is 3.50. The number of nitrogens with zero attached hydrogens (tertiary/aromatic N) is 2. The summed E-state index contributed by atoms with van der Waals surface area (Å²) in [7, 11) is 0. The zero-order valence-electron chi connectivity index (χ0n) is 9.04. The van der Waals surface area contributed by atoms with Crippen LogP contribution in [0.4, 0.5) is 0 Å². The summed E-state index contributed by atoms with van der Waals surface area (Å²) in [6, 6.07) is 0. The van der Waals surface area contributed by atoms with Gasteiger partial charge in [0.2, 0.25) is 5.91 Å². The molecule has 14 heavy (non-hydrogen) atoms. The van der Waals surface area contributed by atoms with Crippen LogP contribution in [0.5, 0.6) is 0 Å². The van der Waals surface area contributed by atoms with Gasteiger partial charge < -0.3 is 9.80 Å². The molecule has 3 nitrogen and oxygen atoms in total. The highest BCUT2D eigenvalue weighted by Crippen LogP contribution is 2.06. The van der Waals surface area contributed by atoms with Crippen LogP contribution in [0.3, 0.4) is 0 Å². The molecule has 0 bridgehead atoms. The topological polar surface area (TPSA) is 23.6 Å². The van der Waals surface area contributed by atoms with Crippen molar-refractivity contribution in [1.29, 1.82) is 0 Å². The highest BCUT2D eigenvalue weighted by atomic mass is 16.2. The Labute approximate surface area is 86.4 Å². The molecule has 1 heterocycles. The van der Waals surface area contributed by atoms with Crippen molar-refractivity contribution < 1.29 is 4.79 Å². The Bertz CT molecular complexity index is 197. The molecule has 1 amide bonds. The summed E-state index contributed by atoms with van der Waals surface area (Å²) < 4.78 is 0. The van der Waals surface area contributed by atoms with E-state index in [-0.39, 0.29) is 5.91 Å². The monoisotopic (exact) mass is 196 g/mol. The van der Waals surface area contributed by atoms with Gasteiger partial charge in [0.1, 0.15) is 0 Å². The lowest BCUT2D eigenvalue weighted by atomic mass is 10.4. The second-order valence-corrected chi connectivity index (χ2v) is 3.80. The molecule has 0 radical (unpaired) electrons. The Morgan fingerprint density at radius 3 is 2.64 bits per heavy atom. The van der Waals surface area contributed by atoms with Gasteiger partial charge in [-0.3, -0.25) is 4.79 Å². The Morgan fingerprint density at radius 2 is 2.14 bits per heavy atom. The van der Waals surface area contributed by atoms with Crippen molar-refractivity contribution in [1.82, 2.24) is 9.80 Å². The molecule has 0 spiro atoms. The van der Waals surface area contributed by atoms with Crippen LogP contribution in [-0.2, 0) is 4.79 Å². The van der Waals surface area contributed by atoms with E-state index in [1.54, 1.807) is 13.0 Å². The molecule has 3 heteroatoms. The Morgan fingerprint density at radius 1 is 1.50 bits per heavy atom. The maximum atomic E-state index is 11.2. The fourth-order valence-electron chi connectivity index (χ4n) is 1.80. The number of hydrogen-bond donors (Lipinski definition) is 0. The number of hydrogen-bond acceptors (Lipinski definition) is 2. The molecule has 0 aromatic rings. The highest BCUT2D eigenvalue weighted by Gasteiger charge is 2.13. The minimum Gasteiger partial charge on any atom is -0.338 e. The minimum atomic E-state index is 0.143. The predicted molar refractivity (Wildman–Crippen MR) is 58.1 cm³/mol. The van der Waals surface area contributed by atoms with Crippen LogP contribution < -0.4 is 0 Å². The van der Waals surface area contributed by atoms with Crippen molar-refractivity contribution >= 4 is 5.91 Å². The number of carbonyl (C=O) groups excluding carboxylic acids is 1. The van der Waals surface area contributed by atoms with Gasteiger partial charge in [0.05, 0.1) is 0 Å². The molecule has 1 saturated heterocycles. The number of likely N-dealkylation sites (tertiary alicyclic amines) is 1. The molecule has 1 aliphatic heterocycles. The number of rotatable bonds is 5. The third-order valence-corrected chi connectivity index (χ3v) is 2.68. The van der Waals surface area contributed by atoms with Crippen molar-refractivity contribution in [2.24, 2.45) is 0 Å². The molecule has 0 atom stereocenters. The zero-order chi connectivity index (χ0) is 10.4. The zero-order valence-corrected chi connectivity index (χ0v) is 9.04. The average Bonchev–Trinajstić information content (AvgIpc) is 2.64. The fraction of sp³-hybridized carbons (Fsp3) is 0.727. The predicted octanol–water partition coefficient (Wildman–Crippen LogP) is 1.12. The fourth-order valence-corrected chi connectivity index (χ4v) is 1.80. The Hall–Kier alpha value is -0.830. The summed E-state index contributed by atoms with van der Waals surface area (Å²) in [6.45, 7) is 10.2. The van der Waals surface area contributed by atoms with E-state index in [4.69, 9.17) is 0 Å². The second kappa shape index (κ2) is 5.81. The van der Waals surface area contributed by atoms with Crippen LogP contribution in [0.25, 0.3) is 0 Å². The van der Waals surface area contributed by atoms with E-state index in [0.29, 0.717) is 6.54 Å². The smallest absolute Gasteiger partial charge is 0.219 e. The molecule has 1 aliphatic rings. The van der Waals surface area contributed by atoms with Crippen molar-refractivity contribution in [2.45, 2.75) is 19.8 Å². The lowest BCUT2D eigenvalue weighted by Gasteiger charge is -2.22. The van der Waals surface area contributed by atoms with Crippen molar-refractivity contribution in [3.05, 3.63) is 12.7 Å². The van der Waals surface area contributed by atoms with Gasteiger partial charge in [-0.1, -0.05) is 6.08 Å². The SMILES string of the molecule is C=CCN(CCN1CCCC1)C(C)=O. The maximum absolute atomic E-state index is 11.2. The molecule has 0 saturated carbocycles. The Balaban J connectivity index is 2.24. The van der Waals surface area contributed by atoms with E-state index < -0.39 is 0 Å².